The van der Waals surface area contributed by atoms with Crippen LogP contribution in [0.4, 0.5) is 0 Å². The summed E-state index contributed by atoms with van der Waals surface area (Å²) in [5.41, 5.74) is 1.74. The molecular formula is C23H27NO4. The van der Waals surface area contributed by atoms with Crippen molar-refractivity contribution in [1.29, 1.82) is 0 Å². The van der Waals surface area contributed by atoms with Crippen molar-refractivity contribution in [2.45, 2.75) is 64.5 Å². The van der Waals surface area contributed by atoms with Crippen molar-refractivity contribution in [3.63, 3.8) is 0 Å². The van der Waals surface area contributed by atoms with Crippen molar-refractivity contribution in [1.82, 2.24) is 5.06 Å². The van der Waals surface area contributed by atoms with E-state index in [0.717, 1.165) is 30.4 Å². The number of benzene rings is 2. The third-order valence-electron chi connectivity index (χ3n) is 5.87. The van der Waals surface area contributed by atoms with E-state index in [1.54, 1.807) is 12.1 Å². The summed E-state index contributed by atoms with van der Waals surface area (Å²) < 4.78 is 6.02. The molecule has 1 N–H and O–H groups in total. The smallest absolute Gasteiger partial charge is 0.339 e. The van der Waals surface area contributed by atoms with E-state index >= 15 is 0 Å². The lowest BCUT2D eigenvalue weighted by molar-refractivity contribution is -0.217. The Bertz CT molecular complexity index is 916. The molecule has 0 unspecified atom stereocenters. The van der Waals surface area contributed by atoms with E-state index in [1.165, 1.54) is 0 Å². The SMILES string of the molecule is CC1(C)CCCC(C)(C)N1Oc1ccc(C(=O)O)c2c1Cc1ccccc1O2. The van der Waals surface area contributed by atoms with Crippen LogP contribution in [0.25, 0.3) is 0 Å². The minimum Gasteiger partial charge on any atom is -0.478 e. The molecule has 2 heterocycles. The number of hydroxylamine groups is 2. The molecule has 28 heavy (non-hydrogen) atoms. The van der Waals surface area contributed by atoms with E-state index < -0.39 is 5.97 Å². The molecular weight excluding hydrogens is 354 g/mol. The molecule has 0 bridgehead atoms. The Hall–Kier alpha value is -2.53. The molecule has 0 spiro atoms. The van der Waals surface area contributed by atoms with E-state index in [0.29, 0.717) is 23.7 Å². The Kier molecular flexibility index (Phi) is 4.38. The maximum atomic E-state index is 11.8. The van der Waals surface area contributed by atoms with Gasteiger partial charge in [0.2, 0.25) is 0 Å². The molecule has 148 valence electrons. The first-order valence-electron chi connectivity index (χ1n) is 9.82. The number of aromatic carboxylic acids is 1. The molecule has 2 aromatic rings. The summed E-state index contributed by atoms with van der Waals surface area (Å²) >= 11 is 0. The van der Waals surface area contributed by atoms with Crippen molar-refractivity contribution in [2.24, 2.45) is 0 Å². The topological polar surface area (TPSA) is 59.0 Å². The van der Waals surface area contributed by atoms with Gasteiger partial charge >= 0.3 is 5.97 Å². The van der Waals surface area contributed by atoms with Crippen LogP contribution in [0, 0.1) is 0 Å². The first kappa shape index (κ1) is 18.8. The zero-order chi connectivity index (χ0) is 20.1. The van der Waals surface area contributed by atoms with Gasteiger partial charge in [-0.2, -0.15) is 0 Å². The molecule has 0 aliphatic carbocycles. The molecule has 0 atom stereocenters. The Labute approximate surface area is 165 Å². The molecule has 2 aliphatic heterocycles. The number of piperidine rings is 1. The van der Waals surface area contributed by atoms with Gasteiger partial charge in [0.1, 0.15) is 17.1 Å². The van der Waals surface area contributed by atoms with E-state index in [2.05, 4.69) is 32.8 Å². The number of carboxylic acids is 1. The van der Waals surface area contributed by atoms with Crippen LogP contribution >= 0.6 is 0 Å². The van der Waals surface area contributed by atoms with Crippen LogP contribution in [0.3, 0.4) is 0 Å². The van der Waals surface area contributed by atoms with Gasteiger partial charge in [-0.05, 0) is 70.7 Å². The van der Waals surface area contributed by atoms with Crippen molar-refractivity contribution in [3.8, 4) is 17.2 Å². The van der Waals surface area contributed by atoms with Crippen LogP contribution in [0.5, 0.6) is 17.2 Å². The Morgan fingerprint density at radius 2 is 1.75 bits per heavy atom. The van der Waals surface area contributed by atoms with Crippen LogP contribution in [0.1, 0.15) is 68.4 Å². The van der Waals surface area contributed by atoms with Gasteiger partial charge in [-0.15, -0.1) is 5.06 Å². The highest BCUT2D eigenvalue weighted by Crippen LogP contribution is 2.45. The summed E-state index contributed by atoms with van der Waals surface area (Å²) in [7, 11) is 0. The number of rotatable bonds is 3. The fourth-order valence-electron chi connectivity index (χ4n) is 4.52. The molecule has 0 amide bonds. The summed E-state index contributed by atoms with van der Waals surface area (Å²) in [6.45, 7) is 8.77. The third-order valence-corrected chi connectivity index (χ3v) is 5.87. The Morgan fingerprint density at radius 1 is 1.07 bits per heavy atom. The highest BCUT2D eigenvalue weighted by Gasteiger charge is 2.44. The summed E-state index contributed by atoms with van der Waals surface area (Å²) in [5.74, 6) is 0.753. The van der Waals surface area contributed by atoms with E-state index in [1.807, 2.05) is 24.3 Å². The number of para-hydroxylation sites is 1. The maximum Gasteiger partial charge on any atom is 0.339 e. The largest absolute Gasteiger partial charge is 0.478 e. The second kappa shape index (κ2) is 6.52. The van der Waals surface area contributed by atoms with Crippen molar-refractivity contribution >= 4 is 5.97 Å². The Balaban J connectivity index is 1.78. The lowest BCUT2D eigenvalue weighted by atomic mass is 9.82. The van der Waals surface area contributed by atoms with Gasteiger partial charge in [-0.25, -0.2) is 4.79 Å². The summed E-state index contributed by atoms with van der Waals surface area (Å²) in [6.07, 6.45) is 3.83. The van der Waals surface area contributed by atoms with Crippen molar-refractivity contribution in [3.05, 3.63) is 53.1 Å². The summed E-state index contributed by atoms with van der Waals surface area (Å²) in [4.78, 5) is 18.3. The van der Waals surface area contributed by atoms with Crippen LogP contribution in [-0.4, -0.2) is 27.2 Å². The molecule has 0 saturated carbocycles. The number of fused-ring (bicyclic) bond motifs is 2. The molecule has 5 heteroatoms. The monoisotopic (exact) mass is 381 g/mol. The first-order chi connectivity index (χ1) is 13.2. The maximum absolute atomic E-state index is 11.8. The summed E-state index contributed by atoms with van der Waals surface area (Å²) in [5, 5.41) is 11.7. The van der Waals surface area contributed by atoms with Gasteiger partial charge < -0.3 is 14.7 Å². The number of nitrogens with zero attached hydrogens (tertiary/aromatic N) is 1. The molecule has 0 radical (unpaired) electrons. The highest BCUT2D eigenvalue weighted by atomic mass is 16.7. The second-order valence-corrected chi connectivity index (χ2v) is 8.97. The number of hydrogen-bond donors (Lipinski definition) is 1. The van der Waals surface area contributed by atoms with E-state index in [-0.39, 0.29) is 16.6 Å². The predicted octanol–water partition coefficient (Wildman–Crippen LogP) is 5.42. The number of carboxylic acid groups (broad SMARTS) is 1. The second-order valence-electron chi connectivity index (χ2n) is 8.97. The van der Waals surface area contributed by atoms with Crippen LogP contribution in [-0.2, 0) is 6.42 Å². The fourth-order valence-corrected chi connectivity index (χ4v) is 4.52. The highest BCUT2D eigenvalue weighted by molar-refractivity contribution is 5.92. The molecule has 1 fully saturated rings. The average molecular weight is 381 g/mol. The van der Waals surface area contributed by atoms with Gasteiger partial charge in [0.25, 0.3) is 0 Å². The van der Waals surface area contributed by atoms with E-state index in [9.17, 15) is 9.90 Å². The van der Waals surface area contributed by atoms with Gasteiger partial charge in [0.05, 0.1) is 11.1 Å². The van der Waals surface area contributed by atoms with Crippen LogP contribution in [0.2, 0.25) is 0 Å². The van der Waals surface area contributed by atoms with Crippen LogP contribution < -0.4 is 9.57 Å². The van der Waals surface area contributed by atoms with E-state index in [4.69, 9.17) is 9.57 Å². The number of ether oxygens (including phenoxy) is 1. The predicted molar refractivity (Wildman–Crippen MR) is 107 cm³/mol. The lowest BCUT2D eigenvalue weighted by Crippen LogP contribution is -2.60. The summed E-state index contributed by atoms with van der Waals surface area (Å²) in [6, 6.07) is 11.1. The first-order valence-corrected chi connectivity index (χ1v) is 9.82. The fraction of sp³-hybridized carbons (Fsp3) is 0.435. The normalized spacial score (nSPS) is 19.9. The minimum absolute atomic E-state index is 0.118. The van der Waals surface area contributed by atoms with Crippen molar-refractivity contribution in [2.75, 3.05) is 0 Å². The number of hydrogen-bond acceptors (Lipinski definition) is 4. The molecule has 4 rings (SSSR count). The zero-order valence-electron chi connectivity index (χ0n) is 16.9. The molecule has 5 nitrogen and oxygen atoms in total. The average Bonchev–Trinajstić information content (AvgIpc) is 2.62. The van der Waals surface area contributed by atoms with Gasteiger partial charge in [0, 0.05) is 12.0 Å². The number of carbonyl (C=O) groups is 1. The zero-order valence-corrected chi connectivity index (χ0v) is 16.9. The van der Waals surface area contributed by atoms with Gasteiger partial charge in [-0.3, -0.25) is 0 Å². The minimum atomic E-state index is -0.999. The molecule has 2 aromatic carbocycles. The molecule has 1 saturated heterocycles. The van der Waals surface area contributed by atoms with Crippen LogP contribution in [0.15, 0.2) is 36.4 Å². The molecule has 2 aliphatic rings. The van der Waals surface area contributed by atoms with Crippen molar-refractivity contribution < 1.29 is 19.5 Å². The lowest BCUT2D eigenvalue weighted by Gasteiger charge is -2.51. The standard InChI is InChI=1S/C23H27NO4/c1-22(2)12-7-13-23(3,4)24(22)28-19-11-10-16(21(25)26)20-17(19)14-15-8-5-6-9-18(15)27-20/h5-6,8-11H,7,12-14H2,1-4H3,(H,25,26). The Morgan fingerprint density at radius 3 is 2.43 bits per heavy atom. The quantitative estimate of drug-likeness (QED) is 0.657. The van der Waals surface area contributed by atoms with Gasteiger partial charge in [-0.1, -0.05) is 18.2 Å². The van der Waals surface area contributed by atoms with Gasteiger partial charge in [0.15, 0.2) is 5.75 Å². The molecule has 0 aromatic heterocycles. The third kappa shape index (κ3) is 3.14.